The van der Waals surface area contributed by atoms with Gasteiger partial charge in [0.2, 0.25) is 10.9 Å². The lowest BCUT2D eigenvalue weighted by Crippen LogP contribution is -2.58. The molecule has 1 aromatic carbocycles. The molecule has 188 valence electrons. The van der Waals surface area contributed by atoms with Crippen LogP contribution >= 0.6 is 11.3 Å². The van der Waals surface area contributed by atoms with Crippen molar-refractivity contribution in [2.24, 2.45) is 23.2 Å². The first kappa shape index (κ1) is 22.5. The maximum Gasteiger partial charge on any atom is 0.275 e. The van der Waals surface area contributed by atoms with Crippen LogP contribution in [0.3, 0.4) is 0 Å². The minimum atomic E-state index is -0.339. The fourth-order valence-corrected chi connectivity index (χ4v) is 8.64. The van der Waals surface area contributed by atoms with E-state index in [-0.39, 0.29) is 16.8 Å². The van der Waals surface area contributed by atoms with Crippen LogP contribution < -0.4 is 5.56 Å². The van der Waals surface area contributed by atoms with Crippen LogP contribution in [-0.2, 0) is 11.3 Å². The Hall–Kier alpha value is -2.65. The van der Waals surface area contributed by atoms with Crippen molar-refractivity contribution in [3.8, 4) is 10.6 Å². The first-order valence-electron chi connectivity index (χ1n) is 13.1. The SMILES string of the molecule is O=C(N1CCN(Cc2cc(=O)n3nc(-c4cccc(F)c4)sc3n2)CC1)C12CC3CC(CC(C3)C1)C2. The van der Waals surface area contributed by atoms with E-state index in [0.29, 0.717) is 33.7 Å². The maximum absolute atomic E-state index is 13.7. The van der Waals surface area contributed by atoms with E-state index in [2.05, 4.69) is 19.9 Å². The summed E-state index contributed by atoms with van der Waals surface area (Å²) >= 11 is 1.28. The van der Waals surface area contributed by atoms with Crippen LogP contribution in [0.2, 0.25) is 0 Å². The Morgan fingerprint density at radius 3 is 2.39 bits per heavy atom. The van der Waals surface area contributed by atoms with Crippen LogP contribution in [0.15, 0.2) is 35.1 Å². The van der Waals surface area contributed by atoms with E-state index in [1.165, 1.54) is 53.3 Å². The summed E-state index contributed by atoms with van der Waals surface area (Å²) in [6.45, 7) is 3.63. The van der Waals surface area contributed by atoms with Gasteiger partial charge >= 0.3 is 0 Å². The molecule has 5 fully saturated rings. The molecule has 2 aromatic heterocycles. The van der Waals surface area contributed by atoms with Gasteiger partial charge in [-0.25, -0.2) is 9.37 Å². The molecule has 4 bridgehead atoms. The van der Waals surface area contributed by atoms with Gasteiger partial charge in [0.25, 0.3) is 5.56 Å². The Morgan fingerprint density at radius 2 is 1.72 bits per heavy atom. The molecule has 3 heterocycles. The number of piperazine rings is 1. The van der Waals surface area contributed by atoms with Crippen molar-refractivity contribution >= 4 is 22.2 Å². The third-order valence-corrected chi connectivity index (χ3v) is 9.86. The standard InChI is InChI=1S/C27H30FN5O2S/c28-21-3-1-2-20(11-21)24-30-33-23(34)12-22(29-26(33)36-24)16-31-4-6-32(7-5-31)25(35)27-13-17-8-18(14-27)10-19(9-17)15-27/h1-3,11-12,17-19H,4-10,13-16H2. The molecule has 8 rings (SSSR count). The molecule has 0 radical (unpaired) electrons. The fraction of sp³-hybridized carbons (Fsp3) is 0.556. The van der Waals surface area contributed by atoms with Crippen molar-refractivity contribution in [3.63, 3.8) is 0 Å². The number of fused-ring (bicyclic) bond motifs is 1. The minimum Gasteiger partial charge on any atom is -0.340 e. The fourth-order valence-electron chi connectivity index (χ4n) is 7.72. The van der Waals surface area contributed by atoms with E-state index in [1.54, 1.807) is 12.1 Å². The zero-order valence-electron chi connectivity index (χ0n) is 20.2. The highest BCUT2D eigenvalue weighted by molar-refractivity contribution is 7.19. The summed E-state index contributed by atoms with van der Waals surface area (Å²) in [6, 6.07) is 7.74. The predicted octanol–water partition coefficient (Wildman–Crippen LogP) is 3.82. The third kappa shape index (κ3) is 3.87. The average molecular weight is 508 g/mol. The number of hydrogen-bond acceptors (Lipinski definition) is 6. The highest BCUT2D eigenvalue weighted by Crippen LogP contribution is 2.60. The second kappa shape index (κ2) is 8.45. The molecule has 1 amide bonds. The van der Waals surface area contributed by atoms with Gasteiger partial charge in [0.1, 0.15) is 10.8 Å². The van der Waals surface area contributed by atoms with Gasteiger partial charge < -0.3 is 4.90 Å². The van der Waals surface area contributed by atoms with Crippen LogP contribution in [0.4, 0.5) is 4.39 Å². The van der Waals surface area contributed by atoms with Crippen molar-refractivity contribution < 1.29 is 9.18 Å². The number of rotatable bonds is 4. The molecule has 0 atom stereocenters. The Balaban J connectivity index is 1.03. The Labute approximate surface area is 212 Å². The van der Waals surface area contributed by atoms with Gasteiger partial charge in [0.05, 0.1) is 11.1 Å². The number of nitrogens with zero attached hydrogens (tertiary/aromatic N) is 5. The normalized spacial score (nSPS) is 29.8. The highest BCUT2D eigenvalue weighted by atomic mass is 32.1. The predicted molar refractivity (Wildman–Crippen MR) is 135 cm³/mol. The smallest absolute Gasteiger partial charge is 0.275 e. The molecule has 0 unspecified atom stereocenters. The van der Waals surface area contributed by atoms with Gasteiger partial charge in [0, 0.05) is 44.4 Å². The molecular formula is C27H30FN5O2S. The number of carbonyl (C=O) groups excluding carboxylic acids is 1. The summed E-state index contributed by atoms with van der Waals surface area (Å²) in [5, 5.41) is 4.92. The van der Waals surface area contributed by atoms with Gasteiger partial charge in [-0.2, -0.15) is 9.61 Å². The molecular weight excluding hydrogens is 477 g/mol. The summed E-state index contributed by atoms with van der Waals surface area (Å²) in [5.41, 5.74) is 1.02. The van der Waals surface area contributed by atoms with Crippen molar-refractivity contribution in [1.29, 1.82) is 0 Å². The molecule has 1 aliphatic heterocycles. The van der Waals surface area contributed by atoms with Crippen molar-refractivity contribution in [2.75, 3.05) is 26.2 Å². The molecule has 1 saturated heterocycles. The van der Waals surface area contributed by atoms with Crippen LogP contribution in [0.5, 0.6) is 0 Å². The second-order valence-electron chi connectivity index (χ2n) is 11.5. The first-order chi connectivity index (χ1) is 17.4. The van der Waals surface area contributed by atoms with Crippen LogP contribution in [0, 0.1) is 29.0 Å². The molecule has 0 spiro atoms. The van der Waals surface area contributed by atoms with E-state index < -0.39 is 0 Å². The van der Waals surface area contributed by atoms with E-state index in [4.69, 9.17) is 0 Å². The minimum absolute atomic E-state index is 0.0796. The second-order valence-corrected chi connectivity index (χ2v) is 12.4. The van der Waals surface area contributed by atoms with Gasteiger partial charge in [0.15, 0.2) is 0 Å². The Bertz CT molecular complexity index is 1360. The zero-order chi connectivity index (χ0) is 24.4. The molecule has 4 aliphatic carbocycles. The number of hydrogen-bond donors (Lipinski definition) is 0. The molecule has 36 heavy (non-hydrogen) atoms. The molecule has 5 aliphatic rings. The average Bonchev–Trinajstić information content (AvgIpc) is 3.28. The number of amides is 1. The Morgan fingerprint density at radius 1 is 1.03 bits per heavy atom. The quantitative estimate of drug-likeness (QED) is 0.537. The summed E-state index contributed by atoms with van der Waals surface area (Å²) in [6.07, 6.45) is 7.37. The van der Waals surface area contributed by atoms with Crippen LogP contribution in [0.25, 0.3) is 15.5 Å². The third-order valence-electron chi connectivity index (χ3n) is 8.91. The van der Waals surface area contributed by atoms with Crippen molar-refractivity contribution in [3.05, 3.63) is 52.2 Å². The monoisotopic (exact) mass is 507 g/mol. The zero-order valence-corrected chi connectivity index (χ0v) is 21.1. The number of carbonyl (C=O) groups is 1. The van der Waals surface area contributed by atoms with E-state index in [9.17, 15) is 14.0 Å². The molecule has 9 heteroatoms. The lowest BCUT2D eigenvalue weighted by Gasteiger charge is -2.57. The molecule has 7 nitrogen and oxygen atoms in total. The first-order valence-corrected chi connectivity index (χ1v) is 13.9. The van der Waals surface area contributed by atoms with Gasteiger partial charge in [-0.05, 0) is 68.4 Å². The topological polar surface area (TPSA) is 70.8 Å². The number of aromatic nitrogens is 3. The lowest BCUT2D eigenvalue weighted by atomic mass is 9.49. The summed E-state index contributed by atoms with van der Waals surface area (Å²) in [4.78, 5) is 36.0. The lowest BCUT2D eigenvalue weighted by molar-refractivity contribution is -0.159. The molecule has 3 aromatic rings. The van der Waals surface area contributed by atoms with Crippen LogP contribution in [-0.4, -0.2) is 56.5 Å². The largest absolute Gasteiger partial charge is 0.340 e. The van der Waals surface area contributed by atoms with Crippen molar-refractivity contribution in [2.45, 2.75) is 45.1 Å². The van der Waals surface area contributed by atoms with Gasteiger partial charge in [-0.15, -0.1) is 0 Å². The van der Waals surface area contributed by atoms with E-state index >= 15 is 0 Å². The molecule has 4 saturated carbocycles. The number of benzene rings is 1. The van der Waals surface area contributed by atoms with E-state index in [1.807, 2.05) is 0 Å². The van der Waals surface area contributed by atoms with Gasteiger partial charge in [-0.1, -0.05) is 23.5 Å². The Kier molecular flexibility index (Phi) is 5.29. The number of halogens is 1. The molecule has 0 N–H and O–H groups in total. The highest BCUT2D eigenvalue weighted by Gasteiger charge is 2.55. The maximum atomic E-state index is 13.7. The van der Waals surface area contributed by atoms with Crippen LogP contribution in [0.1, 0.15) is 44.2 Å². The van der Waals surface area contributed by atoms with Gasteiger partial charge in [-0.3, -0.25) is 14.5 Å². The van der Waals surface area contributed by atoms with Crippen molar-refractivity contribution in [1.82, 2.24) is 24.4 Å². The summed E-state index contributed by atoms with van der Waals surface area (Å²) < 4.78 is 14.9. The summed E-state index contributed by atoms with van der Waals surface area (Å²) in [5.74, 6) is 2.39. The summed E-state index contributed by atoms with van der Waals surface area (Å²) in [7, 11) is 0. The van der Waals surface area contributed by atoms with E-state index in [0.717, 1.165) is 63.2 Å².